The first-order valence-electron chi connectivity index (χ1n) is 10.2. The number of amides is 1. The average molecular weight is 522 g/mol. The summed E-state index contributed by atoms with van der Waals surface area (Å²) in [5.41, 5.74) is 0.283. The van der Waals surface area contributed by atoms with E-state index in [1.807, 2.05) is 0 Å². The van der Waals surface area contributed by atoms with Crippen LogP contribution in [-0.2, 0) is 20.0 Å². The van der Waals surface area contributed by atoms with Crippen molar-refractivity contribution < 1.29 is 21.6 Å². The van der Waals surface area contributed by atoms with Crippen LogP contribution in [0.2, 0.25) is 5.02 Å². The topological polar surface area (TPSA) is 138 Å². The molecule has 0 radical (unpaired) electrons. The monoisotopic (exact) mass is 521 g/mol. The lowest BCUT2D eigenvalue weighted by molar-refractivity contribution is 0.102. The van der Waals surface area contributed by atoms with Crippen LogP contribution in [0.5, 0.6) is 0 Å². The Hall–Kier alpha value is -3.06. The Morgan fingerprint density at radius 3 is 2.18 bits per heavy atom. The third-order valence-corrected chi connectivity index (χ3v) is 8.67. The lowest BCUT2D eigenvalue weighted by atomic mass is 10.2. The quantitative estimate of drug-likeness (QED) is 0.487. The van der Waals surface area contributed by atoms with Gasteiger partial charge >= 0.3 is 0 Å². The average Bonchev–Trinajstić information content (AvgIpc) is 3.36. The van der Waals surface area contributed by atoms with Gasteiger partial charge in [-0.05, 0) is 61.4 Å². The first kappa shape index (κ1) is 24.1. The first-order valence-corrected chi connectivity index (χ1v) is 13.5. The largest absolute Gasteiger partial charge is 0.322 e. The van der Waals surface area contributed by atoms with Crippen LogP contribution in [-0.4, -0.2) is 50.1 Å². The molecule has 2 N–H and O–H groups in total. The Morgan fingerprint density at radius 1 is 0.912 bits per heavy atom. The van der Waals surface area contributed by atoms with Crippen molar-refractivity contribution in [3.05, 3.63) is 71.5 Å². The van der Waals surface area contributed by atoms with E-state index in [1.54, 1.807) is 6.07 Å². The minimum atomic E-state index is -3.93. The predicted octanol–water partition coefficient (Wildman–Crippen LogP) is 2.97. The molecule has 1 aliphatic rings. The molecule has 0 aliphatic carbocycles. The van der Waals surface area contributed by atoms with Crippen molar-refractivity contribution in [1.82, 2.24) is 14.3 Å². The van der Waals surface area contributed by atoms with Gasteiger partial charge in [0.05, 0.1) is 20.4 Å². The second kappa shape index (κ2) is 9.66. The number of hydrogen-bond acceptors (Lipinski definition) is 7. The molecule has 1 aliphatic heterocycles. The summed E-state index contributed by atoms with van der Waals surface area (Å²) in [4.78, 5) is 20.4. The summed E-state index contributed by atoms with van der Waals surface area (Å²) < 4.78 is 54.2. The molecule has 1 saturated heterocycles. The third-order valence-electron chi connectivity index (χ3n) is 5.10. The maximum absolute atomic E-state index is 12.8. The Labute approximate surface area is 202 Å². The molecule has 10 nitrogen and oxygen atoms in total. The van der Waals surface area contributed by atoms with Crippen molar-refractivity contribution in [2.45, 2.75) is 22.6 Å². The van der Waals surface area contributed by atoms with Crippen LogP contribution in [0.25, 0.3) is 0 Å². The van der Waals surface area contributed by atoms with E-state index in [2.05, 4.69) is 20.0 Å². The fraction of sp³-hybridized carbons (Fsp3) is 0.190. The van der Waals surface area contributed by atoms with Gasteiger partial charge in [-0.15, -0.1) is 0 Å². The summed E-state index contributed by atoms with van der Waals surface area (Å²) in [6.45, 7) is 0.875. The van der Waals surface area contributed by atoms with Crippen LogP contribution >= 0.6 is 11.6 Å². The molecule has 0 saturated carbocycles. The number of benzene rings is 2. The lowest BCUT2D eigenvalue weighted by Gasteiger charge is -2.16. The highest BCUT2D eigenvalue weighted by Gasteiger charge is 2.28. The summed E-state index contributed by atoms with van der Waals surface area (Å²) in [5.74, 6) is -0.701. The molecular formula is C21H20ClN5O5S2. The lowest BCUT2D eigenvalue weighted by Crippen LogP contribution is -2.28. The zero-order chi connectivity index (χ0) is 24.3. The highest BCUT2D eigenvalue weighted by molar-refractivity contribution is 7.92. The Kier molecular flexibility index (Phi) is 6.84. The van der Waals surface area contributed by atoms with Crippen LogP contribution in [0.3, 0.4) is 0 Å². The minimum absolute atomic E-state index is 0.0125. The van der Waals surface area contributed by atoms with E-state index in [-0.39, 0.29) is 26.3 Å². The van der Waals surface area contributed by atoms with Crippen molar-refractivity contribution in [1.29, 1.82) is 0 Å². The molecule has 2 heterocycles. The van der Waals surface area contributed by atoms with Crippen LogP contribution in [0.4, 0.5) is 11.6 Å². The number of sulfonamides is 2. The SMILES string of the molecule is O=C(Nc1ccc(S(=O)(=O)Nc2ncccn2)cc1)c1cc(S(=O)(=O)N2CCCC2)ccc1Cl. The Balaban J connectivity index is 1.51. The molecule has 1 aromatic heterocycles. The van der Waals surface area contributed by atoms with E-state index in [0.717, 1.165) is 12.8 Å². The van der Waals surface area contributed by atoms with E-state index < -0.39 is 26.0 Å². The van der Waals surface area contributed by atoms with Crippen LogP contribution in [0.1, 0.15) is 23.2 Å². The van der Waals surface area contributed by atoms with E-state index in [1.165, 1.54) is 59.2 Å². The molecular weight excluding hydrogens is 502 g/mol. The molecule has 1 fully saturated rings. The van der Waals surface area contributed by atoms with Crippen molar-refractivity contribution in [2.75, 3.05) is 23.1 Å². The van der Waals surface area contributed by atoms with Crippen LogP contribution < -0.4 is 10.0 Å². The van der Waals surface area contributed by atoms with Crippen LogP contribution in [0.15, 0.2) is 70.7 Å². The van der Waals surface area contributed by atoms with Crippen molar-refractivity contribution in [2.24, 2.45) is 0 Å². The molecule has 178 valence electrons. The Morgan fingerprint density at radius 2 is 1.53 bits per heavy atom. The number of carbonyl (C=O) groups is 1. The summed E-state index contributed by atoms with van der Waals surface area (Å²) in [5, 5.41) is 2.69. The van der Waals surface area contributed by atoms with Gasteiger partial charge in [-0.3, -0.25) is 4.79 Å². The molecule has 4 rings (SSSR count). The number of nitrogens with zero attached hydrogens (tertiary/aromatic N) is 3. The van der Waals surface area contributed by atoms with Gasteiger partial charge in [0.25, 0.3) is 15.9 Å². The van der Waals surface area contributed by atoms with Crippen LogP contribution in [0, 0.1) is 0 Å². The summed E-state index contributed by atoms with van der Waals surface area (Å²) in [6, 6.07) is 10.9. The standard InChI is InChI=1S/C21H20ClN5O5S2/c22-19-9-8-17(34(31,32)27-12-1-2-13-27)14-18(19)20(28)25-15-4-6-16(7-5-15)33(29,30)26-21-23-10-3-11-24-21/h3-11,14H,1-2,12-13H2,(H,25,28)(H,23,24,26). The fourth-order valence-electron chi connectivity index (χ4n) is 3.36. The molecule has 0 spiro atoms. The molecule has 0 unspecified atom stereocenters. The van der Waals surface area contributed by atoms with E-state index >= 15 is 0 Å². The number of anilines is 2. The van der Waals surface area contributed by atoms with Gasteiger partial charge < -0.3 is 5.32 Å². The van der Waals surface area contributed by atoms with Gasteiger partial charge in [0.2, 0.25) is 16.0 Å². The normalized spacial score (nSPS) is 14.6. The number of aromatic nitrogens is 2. The molecule has 0 atom stereocenters. The zero-order valence-corrected chi connectivity index (χ0v) is 20.1. The zero-order valence-electron chi connectivity index (χ0n) is 17.7. The van der Waals surface area contributed by atoms with Crippen molar-refractivity contribution in [3.63, 3.8) is 0 Å². The summed E-state index contributed by atoms with van der Waals surface area (Å²) in [7, 11) is -7.65. The predicted molar refractivity (Wildman–Crippen MR) is 127 cm³/mol. The summed E-state index contributed by atoms with van der Waals surface area (Å²) in [6.07, 6.45) is 4.39. The molecule has 34 heavy (non-hydrogen) atoms. The Bertz CT molecular complexity index is 1410. The minimum Gasteiger partial charge on any atom is -0.322 e. The highest BCUT2D eigenvalue weighted by atomic mass is 35.5. The molecule has 2 aromatic carbocycles. The molecule has 1 amide bonds. The van der Waals surface area contributed by atoms with E-state index in [4.69, 9.17) is 11.6 Å². The smallest absolute Gasteiger partial charge is 0.264 e. The summed E-state index contributed by atoms with van der Waals surface area (Å²) >= 11 is 6.16. The fourth-order valence-corrected chi connectivity index (χ4v) is 6.07. The highest BCUT2D eigenvalue weighted by Crippen LogP contribution is 2.26. The van der Waals surface area contributed by atoms with Gasteiger partial charge in [-0.2, -0.15) is 4.31 Å². The molecule has 0 bridgehead atoms. The number of rotatable bonds is 7. The van der Waals surface area contributed by atoms with E-state index in [9.17, 15) is 21.6 Å². The van der Waals surface area contributed by atoms with Crippen molar-refractivity contribution >= 4 is 49.2 Å². The molecule has 3 aromatic rings. The van der Waals surface area contributed by atoms with Gasteiger partial charge in [-0.1, -0.05) is 11.6 Å². The third kappa shape index (κ3) is 5.20. The second-order valence-corrected chi connectivity index (χ2v) is 11.4. The maximum Gasteiger partial charge on any atom is 0.264 e. The van der Waals surface area contributed by atoms with Gasteiger partial charge in [0.15, 0.2) is 0 Å². The number of halogens is 1. The number of carbonyl (C=O) groups excluding carboxylic acids is 1. The first-order chi connectivity index (χ1) is 16.2. The number of nitrogens with one attached hydrogen (secondary N) is 2. The van der Waals surface area contributed by atoms with E-state index in [0.29, 0.717) is 18.8 Å². The number of hydrogen-bond donors (Lipinski definition) is 2. The van der Waals surface area contributed by atoms with Crippen molar-refractivity contribution in [3.8, 4) is 0 Å². The maximum atomic E-state index is 12.8. The second-order valence-electron chi connectivity index (χ2n) is 7.41. The molecule has 13 heteroatoms. The van der Waals surface area contributed by atoms with Gasteiger partial charge in [0, 0.05) is 31.2 Å². The van der Waals surface area contributed by atoms with Gasteiger partial charge in [-0.25, -0.2) is 31.5 Å². The van der Waals surface area contributed by atoms with Gasteiger partial charge in [0.1, 0.15) is 0 Å².